The number of hydrogen-bond acceptors (Lipinski definition) is 16. The predicted octanol–water partition coefficient (Wildman–Crippen LogP) is 4.01. The van der Waals surface area contributed by atoms with Crippen LogP contribution < -0.4 is 42.5 Å². The molecule has 0 bridgehead atoms. The van der Waals surface area contributed by atoms with Crippen LogP contribution in [-0.4, -0.2) is 183 Å². The summed E-state index contributed by atoms with van der Waals surface area (Å²) >= 11 is 0. The van der Waals surface area contributed by atoms with E-state index in [9.17, 15) is 53.4 Å². The van der Waals surface area contributed by atoms with E-state index in [1.54, 1.807) is 106 Å². The number of ketones is 2. The minimum Gasteiger partial charge on any atom is -0.508 e. The van der Waals surface area contributed by atoms with Crippen LogP contribution in [0.4, 0.5) is 4.79 Å². The highest BCUT2D eigenvalue weighted by Crippen LogP contribution is 2.26. The van der Waals surface area contributed by atoms with E-state index in [1.807, 2.05) is 32.0 Å². The molecule has 11 N–H and O–H groups in total. The van der Waals surface area contributed by atoms with Gasteiger partial charge in [-0.25, -0.2) is 4.79 Å². The number of Topliss-reactive ketones (excluding diaryl/α,β-unsaturated/α-hetero) is 2. The molecule has 2 aliphatic heterocycles. The number of fused-ring (bicyclic) bond motifs is 1. The number of H-pyrrole nitrogens is 1. The van der Waals surface area contributed by atoms with E-state index < -0.39 is 169 Å². The van der Waals surface area contributed by atoms with Crippen LogP contribution in [0.5, 0.6) is 5.75 Å². The van der Waals surface area contributed by atoms with Gasteiger partial charge in [0.25, 0.3) is 11.8 Å². The van der Waals surface area contributed by atoms with Gasteiger partial charge in [0.15, 0.2) is 11.6 Å². The van der Waals surface area contributed by atoms with Gasteiger partial charge >= 0.3 is 6.09 Å². The maximum Gasteiger partial charge on any atom is 0.407 e. The van der Waals surface area contributed by atoms with Crippen LogP contribution in [-0.2, 0) is 88.0 Å². The maximum absolute atomic E-state index is 15.5. The van der Waals surface area contributed by atoms with Gasteiger partial charge in [-0.15, -0.1) is 0 Å². The summed E-state index contributed by atoms with van der Waals surface area (Å²) in [6, 6.07) is 22.0. The normalized spacial score (nSPS) is 19.7. The van der Waals surface area contributed by atoms with E-state index in [1.165, 1.54) is 26.1 Å². The number of aromatic amines is 1. The number of benzene rings is 4. The van der Waals surface area contributed by atoms with E-state index in [0.717, 1.165) is 32.9 Å². The van der Waals surface area contributed by atoms with Crippen LogP contribution >= 0.6 is 0 Å². The first kappa shape index (κ1) is 79.8. The first-order valence-corrected chi connectivity index (χ1v) is 35.0. The zero-order valence-corrected chi connectivity index (χ0v) is 59.4. The molecule has 0 radical (unpaired) electrons. The molecule has 3 heterocycles. The van der Waals surface area contributed by atoms with Gasteiger partial charge in [-0.3, -0.25) is 62.4 Å². The molecule has 0 unspecified atom stereocenters. The number of phenolic OH excluding ortho intramolecular Hbond substituents is 1. The molecule has 552 valence electrons. The zero-order chi connectivity index (χ0) is 74.9. The van der Waals surface area contributed by atoms with Crippen molar-refractivity contribution in [2.75, 3.05) is 33.2 Å². The van der Waals surface area contributed by atoms with Crippen molar-refractivity contribution in [2.24, 2.45) is 17.8 Å². The number of alkyl carbamates (subject to hydrolysis) is 1. The molecule has 27 heteroatoms. The molecule has 0 spiro atoms. The van der Waals surface area contributed by atoms with Gasteiger partial charge in [0.05, 0.1) is 24.7 Å². The molecule has 27 nitrogen and oxygen atoms in total. The van der Waals surface area contributed by atoms with Crippen LogP contribution in [0.25, 0.3) is 10.9 Å². The van der Waals surface area contributed by atoms with Crippen molar-refractivity contribution in [1.29, 1.82) is 0 Å². The summed E-state index contributed by atoms with van der Waals surface area (Å²) < 4.78 is 5.37. The quantitative estimate of drug-likeness (QED) is 0.0238. The Balaban J connectivity index is 1.17. The summed E-state index contributed by atoms with van der Waals surface area (Å²) in [4.78, 5) is 189. The van der Waals surface area contributed by atoms with Crippen LogP contribution in [0.15, 0.2) is 128 Å². The third kappa shape index (κ3) is 25.2. The van der Waals surface area contributed by atoms with E-state index >= 15 is 19.2 Å². The number of imide groups is 1. The highest BCUT2D eigenvalue weighted by molar-refractivity contribution is 6.13. The third-order valence-electron chi connectivity index (χ3n) is 17.8. The number of para-hydroxylation sites is 1. The molecule has 2 aliphatic rings. The smallest absolute Gasteiger partial charge is 0.407 e. The Morgan fingerprint density at radius 1 is 0.612 bits per heavy atom. The number of amides is 11. The predicted molar refractivity (Wildman–Crippen MR) is 381 cm³/mol. The number of carbonyl (C=O) groups is 13. The number of carbonyl (C=O) groups excluding carboxylic acids is 13. The summed E-state index contributed by atoms with van der Waals surface area (Å²) in [6.07, 6.45) is 0.270. The number of nitrogens with zero attached hydrogens (tertiary/aromatic N) is 2. The summed E-state index contributed by atoms with van der Waals surface area (Å²) in [7, 11) is 1.29. The van der Waals surface area contributed by atoms with Crippen molar-refractivity contribution in [3.05, 3.63) is 150 Å². The standard InChI is InChI=1S/C76H97N11O16/c1-46(2)37-58(71(98)77-35-18-36-87-66(94)32-33-67(87)95)83-72(99)59(39-48-19-10-8-11-20-48)81-65(93)45-80-64(92)31-30-61-63(91)43-52(38-50-26-28-54(89)29-27-50)70(97)82-57(41-53-44-79-56-25-15-14-24-55(53)56)62(90)42-51(23-16-17-34-78-75(102)103-76(4,5)6)69(96)85-68(47(3)88)73(100)84-60(74(101)86(61)7)40-49-21-12-9-13-22-49/h8-15,19-22,24-29,32-33,44,46-47,51-52,57-61,68,79,88-89H,16-18,23,30-31,34-43,45H2,1-7H3,(H,77,98)(H,78,102)(H,80,92)(H,81,93)(H,82,97)(H,83,99)(H,84,100)(H,85,96)/t47-,51-,52-,57-,58+,59+,60+,61+,68+/m1/s1. The number of ether oxygens (including phenoxy) is 1. The van der Waals surface area contributed by atoms with Crippen molar-refractivity contribution in [3.8, 4) is 5.75 Å². The molecule has 1 fully saturated rings. The van der Waals surface area contributed by atoms with Crippen molar-refractivity contribution < 1.29 is 77.3 Å². The summed E-state index contributed by atoms with van der Waals surface area (Å²) in [5.74, 6) is -11.2. The van der Waals surface area contributed by atoms with Gasteiger partial charge in [0.2, 0.25) is 47.3 Å². The number of aromatic nitrogens is 1. The fraction of sp³-hybridized carbons (Fsp3) is 0.461. The van der Waals surface area contributed by atoms with Crippen molar-refractivity contribution in [2.45, 2.75) is 173 Å². The maximum atomic E-state index is 15.5. The lowest BCUT2D eigenvalue weighted by molar-refractivity contribution is -0.143. The largest absolute Gasteiger partial charge is 0.508 e. The van der Waals surface area contributed by atoms with Crippen molar-refractivity contribution in [3.63, 3.8) is 0 Å². The molecule has 9 atom stereocenters. The Morgan fingerprint density at radius 3 is 1.88 bits per heavy atom. The number of aliphatic hydroxyl groups excluding tert-OH is 1. The van der Waals surface area contributed by atoms with E-state index in [4.69, 9.17) is 4.74 Å². The summed E-state index contributed by atoms with van der Waals surface area (Å²) in [6.45, 7) is 9.70. The van der Waals surface area contributed by atoms with Gasteiger partial charge in [0, 0.05) is 106 Å². The highest BCUT2D eigenvalue weighted by Gasteiger charge is 2.40. The molecule has 4 aromatic carbocycles. The van der Waals surface area contributed by atoms with Gasteiger partial charge in [-0.05, 0) is 113 Å². The average molecular weight is 1420 g/mol. The molecular formula is C76H97N11O16. The van der Waals surface area contributed by atoms with Gasteiger partial charge in [0.1, 0.15) is 35.5 Å². The number of phenols is 1. The number of rotatable bonds is 29. The summed E-state index contributed by atoms with van der Waals surface area (Å²) in [5.41, 5.74) is 2.26. The molecule has 103 heavy (non-hydrogen) atoms. The van der Waals surface area contributed by atoms with Crippen LogP contribution in [0, 0.1) is 17.8 Å². The second-order valence-corrected chi connectivity index (χ2v) is 27.7. The SMILES string of the molecule is CC(C)C[C@H](NC(=O)[C@H](Cc1ccccc1)NC(=O)CNC(=O)CC[C@H]1C(=O)C[C@@H](Cc2ccc(O)cc2)C(=O)N[C@H](Cc2c[nH]c3ccccc23)C(=O)C[C@@H](CCCCNC(=O)OC(C)(C)C)C(=O)N[C@@H]([C@@H](C)O)C(=O)N[C@@H](Cc2ccccc2)C(=O)N1C)C(=O)NCCCN1C(=O)C=CC1=O. The Labute approximate surface area is 599 Å². The topological polar surface area (TPSA) is 390 Å². The number of likely N-dealkylation sites (N-methyl/N-ethyl adjacent to an activating group) is 1. The Bertz CT molecular complexity index is 3820. The fourth-order valence-corrected chi connectivity index (χ4v) is 12.3. The molecule has 0 saturated carbocycles. The molecule has 1 aromatic heterocycles. The minimum absolute atomic E-state index is 0.0226. The minimum atomic E-state index is -1.73. The van der Waals surface area contributed by atoms with Crippen LogP contribution in [0.2, 0.25) is 0 Å². The van der Waals surface area contributed by atoms with Crippen LogP contribution in [0.3, 0.4) is 0 Å². The van der Waals surface area contributed by atoms with Crippen molar-refractivity contribution in [1.82, 2.24) is 57.3 Å². The van der Waals surface area contributed by atoms with Gasteiger partial charge < -0.3 is 67.4 Å². The fourth-order valence-electron chi connectivity index (χ4n) is 12.3. The Kier molecular flexibility index (Phi) is 29.8. The molecule has 5 aromatic rings. The van der Waals surface area contributed by atoms with E-state index in [0.29, 0.717) is 28.7 Å². The Morgan fingerprint density at radius 2 is 1.22 bits per heavy atom. The third-order valence-corrected chi connectivity index (χ3v) is 17.8. The number of aliphatic hydroxyl groups is 1. The number of unbranched alkanes of at least 4 members (excludes halogenated alkanes) is 1. The van der Waals surface area contributed by atoms with Gasteiger partial charge in [-0.2, -0.15) is 0 Å². The molecule has 11 amide bonds. The molecular weight excluding hydrogens is 1320 g/mol. The lowest BCUT2D eigenvalue weighted by atomic mass is 9.87. The lowest BCUT2D eigenvalue weighted by Gasteiger charge is -2.33. The lowest BCUT2D eigenvalue weighted by Crippen LogP contribution is -2.59. The number of nitrogens with one attached hydrogen (secondary N) is 9. The molecule has 0 aliphatic carbocycles. The first-order chi connectivity index (χ1) is 49.0. The molecule has 7 rings (SSSR count). The second-order valence-electron chi connectivity index (χ2n) is 27.7. The second kappa shape index (κ2) is 38.5. The van der Waals surface area contributed by atoms with Crippen LogP contribution in [0.1, 0.15) is 122 Å². The summed E-state index contributed by atoms with van der Waals surface area (Å²) in [5, 5.41) is 44.1. The highest BCUT2D eigenvalue weighted by atomic mass is 16.6. The number of aromatic hydroxyl groups is 1. The molecule has 1 saturated heterocycles. The average Bonchev–Trinajstić information content (AvgIpc) is 1.80. The van der Waals surface area contributed by atoms with Gasteiger partial charge in [-0.1, -0.05) is 111 Å². The monoisotopic (exact) mass is 1420 g/mol. The van der Waals surface area contributed by atoms with E-state index in [-0.39, 0.29) is 82.7 Å². The zero-order valence-electron chi connectivity index (χ0n) is 59.4. The first-order valence-electron chi connectivity index (χ1n) is 35.0. The Hall–Kier alpha value is -10.6. The number of hydrogen-bond donors (Lipinski definition) is 11. The van der Waals surface area contributed by atoms with Crippen molar-refractivity contribution >= 4 is 87.6 Å². The van der Waals surface area contributed by atoms with E-state index in [2.05, 4.69) is 47.5 Å².